The summed E-state index contributed by atoms with van der Waals surface area (Å²) in [5.74, 6) is 0.888. The van der Waals surface area contributed by atoms with E-state index in [0.717, 1.165) is 26.2 Å². The van der Waals surface area contributed by atoms with E-state index < -0.39 is 0 Å². The van der Waals surface area contributed by atoms with Gasteiger partial charge in [0.2, 0.25) is 0 Å². The molecule has 7 heteroatoms. The SMILES string of the molecule is Cc1c(-c2nnc(-c3sc4ccccc4c3Cl)o2)cnn1C. The van der Waals surface area contributed by atoms with Crippen molar-refractivity contribution in [1.29, 1.82) is 0 Å². The van der Waals surface area contributed by atoms with Crippen molar-refractivity contribution in [2.45, 2.75) is 6.92 Å². The van der Waals surface area contributed by atoms with Gasteiger partial charge in [-0.05, 0) is 13.0 Å². The predicted molar refractivity (Wildman–Crippen MR) is 87.1 cm³/mol. The normalized spacial score (nSPS) is 11.4. The maximum Gasteiger partial charge on any atom is 0.259 e. The van der Waals surface area contributed by atoms with Gasteiger partial charge in [0.05, 0.1) is 16.8 Å². The topological polar surface area (TPSA) is 56.7 Å². The number of aryl methyl sites for hydroxylation is 1. The van der Waals surface area contributed by atoms with Crippen molar-refractivity contribution in [1.82, 2.24) is 20.0 Å². The van der Waals surface area contributed by atoms with E-state index in [1.54, 1.807) is 22.2 Å². The maximum atomic E-state index is 6.45. The second-order valence-electron chi connectivity index (χ2n) is 4.92. The lowest BCUT2D eigenvalue weighted by Crippen LogP contribution is -1.92. The molecule has 0 atom stereocenters. The minimum Gasteiger partial charge on any atom is -0.415 e. The summed E-state index contributed by atoms with van der Waals surface area (Å²) in [6.07, 6.45) is 1.72. The standard InChI is InChI=1S/C15H11ClN4OS/c1-8-10(7-17-20(8)2)14-18-19-15(21-14)13-12(16)9-5-3-4-6-11(9)22-13/h3-7H,1-2H3. The summed E-state index contributed by atoms with van der Waals surface area (Å²) in [6, 6.07) is 7.96. The van der Waals surface area contributed by atoms with Crippen LogP contribution >= 0.6 is 22.9 Å². The Hall–Kier alpha value is -2.18. The summed E-state index contributed by atoms with van der Waals surface area (Å²) in [6.45, 7) is 1.96. The Labute approximate surface area is 135 Å². The summed E-state index contributed by atoms with van der Waals surface area (Å²) < 4.78 is 8.68. The van der Waals surface area contributed by atoms with Gasteiger partial charge in [0.15, 0.2) is 0 Å². The van der Waals surface area contributed by atoms with E-state index in [2.05, 4.69) is 15.3 Å². The summed E-state index contributed by atoms with van der Waals surface area (Å²) in [4.78, 5) is 0.795. The van der Waals surface area contributed by atoms with E-state index >= 15 is 0 Å². The molecule has 0 unspecified atom stereocenters. The van der Waals surface area contributed by atoms with Crippen LogP contribution in [0.2, 0.25) is 5.02 Å². The molecule has 0 spiro atoms. The fraction of sp³-hybridized carbons (Fsp3) is 0.133. The van der Waals surface area contributed by atoms with Gasteiger partial charge in [-0.25, -0.2) is 0 Å². The first-order chi connectivity index (χ1) is 10.6. The molecule has 0 radical (unpaired) electrons. The van der Waals surface area contributed by atoms with Crippen molar-refractivity contribution in [2.24, 2.45) is 7.05 Å². The summed E-state index contributed by atoms with van der Waals surface area (Å²) in [5.41, 5.74) is 1.80. The Morgan fingerprint density at radius 2 is 1.95 bits per heavy atom. The van der Waals surface area contributed by atoms with Crippen LogP contribution < -0.4 is 0 Å². The van der Waals surface area contributed by atoms with Crippen LogP contribution in [0.3, 0.4) is 0 Å². The highest BCUT2D eigenvalue weighted by Crippen LogP contribution is 2.41. The van der Waals surface area contributed by atoms with Crippen LogP contribution in [0.25, 0.3) is 32.3 Å². The first-order valence-electron chi connectivity index (χ1n) is 6.65. The average molecular weight is 331 g/mol. The monoisotopic (exact) mass is 330 g/mol. The van der Waals surface area contributed by atoms with E-state index in [9.17, 15) is 0 Å². The molecule has 0 aliphatic rings. The quantitative estimate of drug-likeness (QED) is 0.549. The van der Waals surface area contributed by atoms with Crippen LogP contribution in [0.5, 0.6) is 0 Å². The molecule has 0 N–H and O–H groups in total. The van der Waals surface area contributed by atoms with Crippen LogP contribution in [0.4, 0.5) is 0 Å². The van der Waals surface area contributed by atoms with E-state index in [0.29, 0.717) is 16.8 Å². The largest absolute Gasteiger partial charge is 0.415 e. The van der Waals surface area contributed by atoms with E-state index in [1.165, 1.54) is 0 Å². The van der Waals surface area contributed by atoms with E-state index in [-0.39, 0.29) is 0 Å². The molecule has 1 aromatic carbocycles. The zero-order chi connectivity index (χ0) is 15.3. The highest BCUT2D eigenvalue weighted by Gasteiger charge is 2.19. The van der Waals surface area contributed by atoms with Crippen LogP contribution in [-0.2, 0) is 7.05 Å². The van der Waals surface area contributed by atoms with Crippen molar-refractivity contribution in [3.63, 3.8) is 0 Å². The molecule has 0 bridgehead atoms. The number of benzene rings is 1. The Bertz CT molecular complexity index is 985. The number of thiophene rings is 1. The van der Waals surface area contributed by atoms with Crippen molar-refractivity contribution in [3.8, 4) is 22.2 Å². The molecule has 0 fully saturated rings. The number of hydrogen-bond donors (Lipinski definition) is 0. The van der Waals surface area contributed by atoms with Crippen LogP contribution in [0.15, 0.2) is 34.9 Å². The third kappa shape index (κ3) is 1.95. The number of halogens is 1. The molecular formula is C15H11ClN4OS. The third-order valence-corrected chi connectivity index (χ3v) is 5.28. The van der Waals surface area contributed by atoms with Gasteiger partial charge < -0.3 is 4.42 Å². The molecule has 0 aliphatic heterocycles. The van der Waals surface area contributed by atoms with Gasteiger partial charge in [-0.2, -0.15) is 5.10 Å². The van der Waals surface area contributed by atoms with Gasteiger partial charge in [-0.1, -0.05) is 29.8 Å². The molecular weight excluding hydrogens is 320 g/mol. The number of nitrogens with zero attached hydrogens (tertiary/aromatic N) is 4. The predicted octanol–water partition coefficient (Wildman–Crippen LogP) is 4.31. The third-order valence-electron chi connectivity index (χ3n) is 3.62. The fourth-order valence-corrected chi connectivity index (χ4v) is 3.72. The first-order valence-corrected chi connectivity index (χ1v) is 7.84. The molecule has 4 rings (SSSR count). The molecule has 0 amide bonds. The number of hydrogen-bond acceptors (Lipinski definition) is 5. The lowest BCUT2D eigenvalue weighted by molar-refractivity contribution is 0.585. The van der Waals surface area contributed by atoms with E-state index in [4.69, 9.17) is 16.0 Å². The Morgan fingerprint density at radius 1 is 1.18 bits per heavy atom. The van der Waals surface area contributed by atoms with Gasteiger partial charge in [0, 0.05) is 22.8 Å². The van der Waals surface area contributed by atoms with Crippen molar-refractivity contribution in [2.75, 3.05) is 0 Å². The van der Waals surface area contributed by atoms with E-state index in [1.807, 2.05) is 38.2 Å². The molecule has 0 saturated heterocycles. The van der Waals surface area contributed by atoms with Gasteiger partial charge >= 0.3 is 0 Å². The number of rotatable bonds is 2. The average Bonchev–Trinajstić information content (AvgIpc) is 3.20. The van der Waals surface area contributed by atoms with Gasteiger partial charge in [0.25, 0.3) is 11.8 Å². The maximum absolute atomic E-state index is 6.45. The molecule has 3 aromatic heterocycles. The Kier molecular flexibility index (Phi) is 3.02. The molecule has 5 nitrogen and oxygen atoms in total. The second kappa shape index (κ2) is 4.93. The minimum absolute atomic E-state index is 0.435. The Balaban J connectivity index is 1.83. The van der Waals surface area contributed by atoms with Gasteiger partial charge in [0.1, 0.15) is 4.88 Å². The Morgan fingerprint density at radius 3 is 2.68 bits per heavy atom. The summed E-state index contributed by atoms with van der Waals surface area (Å²) in [5, 5.41) is 14.1. The summed E-state index contributed by atoms with van der Waals surface area (Å²) >= 11 is 7.99. The van der Waals surface area contributed by atoms with Gasteiger partial charge in [-0.15, -0.1) is 21.5 Å². The van der Waals surface area contributed by atoms with Crippen molar-refractivity contribution < 1.29 is 4.42 Å². The highest BCUT2D eigenvalue weighted by atomic mass is 35.5. The zero-order valence-electron chi connectivity index (χ0n) is 11.9. The highest BCUT2D eigenvalue weighted by molar-refractivity contribution is 7.23. The van der Waals surface area contributed by atoms with Crippen LogP contribution in [0.1, 0.15) is 5.69 Å². The lowest BCUT2D eigenvalue weighted by Gasteiger charge is -1.94. The van der Waals surface area contributed by atoms with Crippen LogP contribution in [0, 0.1) is 6.92 Å². The molecule has 22 heavy (non-hydrogen) atoms. The number of aromatic nitrogens is 4. The van der Waals surface area contributed by atoms with Crippen molar-refractivity contribution >= 4 is 33.0 Å². The molecule has 110 valence electrons. The smallest absolute Gasteiger partial charge is 0.259 e. The zero-order valence-corrected chi connectivity index (χ0v) is 13.4. The fourth-order valence-electron chi connectivity index (χ4n) is 2.28. The van der Waals surface area contributed by atoms with Crippen molar-refractivity contribution in [3.05, 3.63) is 41.2 Å². The summed E-state index contributed by atoms with van der Waals surface area (Å²) in [7, 11) is 1.87. The minimum atomic E-state index is 0.435. The second-order valence-corrected chi connectivity index (χ2v) is 6.35. The first kappa shape index (κ1) is 13.5. The van der Waals surface area contributed by atoms with Gasteiger partial charge in [-0.3, -0.25) is 4.68 Å². The molecule has 0 saturated carbocycles. The lowest BCUT2D eigenvalue weighted by atomic mass is 10.2. The molecule has 3 heterocycles. The molecule has 0 aliphatic carbocycles. The number of fused-ring (bicyclic) bond motifs is 1. The van der Waals surface area contributed by atoms with Crippen LogP contribution in [-0.4, -0.2) is 20.0 Å². The molecule has 4 aromatic rings.